The highest BCUT2D eigenvalue weighted by Crippen LogP contribution is 2.27. The summed E-state index contributed by atoms with van der Waals surface area (Å²) in [6, 6.07) is 17.4. The van der Waals surface area contributed by atoms with Crippen molar-refractivity contribution < 1.29 is 19.4 Å². The number of hydrogen-bond acceptors (Lipinski definition) is 5. The van der Waals surface area contributed by atoms with E-state index in [1.807, 2.05) is 54.6 Å². The van der Waals surface area contributed by atoms with Gasteiger partial charge >= 0.3 is 5.97 Å². The van der Waals surface area contributed by atoms with Gasteiger partial charge < -0.3 is 14.6 Å². The topological polar surface area (TPSA) is 68.1 Å². The maximum absolute atomic E-state index is 12.0. The molecule has 2 aromatic carbocycles. The predicted octanol–water partition coefficient (Wildman–Crippen LogP) is 4.46. The molecule has 0 saturated carbocycles. The molecule has 5 heteroatoms. The first-order chi connectivity index (χ1) is 13.1. The number of rotatable bonds is 6. The van der Waals surface area contributed by atoms with Crippen LogP contribution in [0, 0.1) is 0 Å². The van der Waals surface area contributed by atoms with E-state index in [0.29, 0.717) is 23.8 Å². The molecule has 3 rings (SSSR count). The maximum atomic E-state index is 12.0. The summed E-state index contributed by atoms with van der Waals surface area (Å²) in [7, 11) is 0. The number of carbonyl (C=O) groups is 1. The molecule has 0 amide bonds. The van der Waals surface area contributed by atoms with Crippen molar-refractivity contribution in [3.8, 4) is 5.75 Å². The standard InChI is InChI=1S/C22H21NO4/c1-3-26-22(25)20-15(2)23-19(21(20)24)13-17-10-7-11-18(12-17)27-14-16-8-5-4-6-9-16/h4-13,24H,3,14H2,1-2H3/b19-13-. The number of aliphatic hydroxyl groups is 1. The second-order valence-corrected chi connectivity index (χ2v) is 6.02. The van der Waals surface area contributed by atoms with Gasteiger partial charge in [-0.05, 0) is 43.2 Å². The van der Waals surface area contributed by atoms with Crippen LogP contribution in [0.1, 0.15) is 25.0 Å². The smallest absolute Gasteiger partial charge is 0.343 e. The summed E-state index contributed by atoms with van der Waals surface area (Å²) < 4.78 is 10.8. The first-order valence-corrected chi connectivity index (χ1v) is 8.73. The van der Waals surface area contributed by atoms with E-state index < -0.39 is 5.97 Å². The van der Waals surface area contributed by atoms with Gasteiger partial charge in [-0.25, -0.2) is 9.79 Å². The fourth-order valence-electron chi connectivity index (χ4n) is 2.73. The zero-order valence-electron chi connectivity index (χ0n) is 15.3. The minimum absolute atomic E-state index is 0.111. The van der Waals surface area contributed by atoms with Crippen LogP contribution in [-0.2, 0) is 16.1 Å². The monoisotopic (exact) mass is 363 g/mol. The molecule has 5 nitrogen and oxygen atoms in total. The third kappa shape index (κ3) is 4.44. The van der Waals surface area contributed by atoms with Crippen LogP contribution in [0.3, 0.4) is 0 Å². The van der Waals surface area contributed by atoms with Gasteiger partial charge in [0.2, 0.25) is 0 Å². The normalized spacial score (nSPS) is 15.0. The van der Waals surface area contributed by atoms with Crippen molar-refractivity contribution in [1.82, 2.24) is 0 Å². The lowest BCUT2D eigenvalue weighted by molar-refractivity contribution is -0.138. The summed E-state index contributed by atoms with van der Waals surface area (Å²) in [4.78, 5) is 16.3. The lowest BCUT2D eigenvalue weighted by Gasteiger charge is -2.07. The Kier molecular flexibility index (Phi) is 5.71. The molecule has 2 aromatic rings. The molecule has 0 atom stereocenters. The Labute approximate surface area is 158 Å². The minimum atomic E-state index is -0.570. The number of aliphatic hydroxyl groups excluding tert-OH is 1. The lowest BCUT2D eigenvalue weighted by atomic mass is 10.1. The predicted molar refractivity (Wildman–Crippen MR) is 105 cm³/mol. The Hall–Kier alpha value is -3.34. The maximum Gasteiger partial charge on any atom is 0.343 e. The molecule has 0 saturated heterocycles. The summed E-state index contributed by atoms with van der Waals surface area (Å²) in [5.41, 5.74) is 2.77. The van der Waals surface area contributed by atoms with Crippen molar-refractivity contribution >= 4 is 17.8 Å². The van der Waals surface area contributed by atoms with Crippen LogP contribution in [-0.4, -0.2) is 23.4 Å². The number of ether oxygens (including phenoxy) is 2. The van der Waals surface area contributed by atoms with E-state index in [1.165, 1.54) is 0 Å². The molecule has 0 aromatic heterocycles. The van der Waals surface area contributed by atoms with Gasteiger partial charge in [-0.2, -0.15) is 0 Å². The molecule has 1 heterocycles. The number of aliphatic imine (C=N–C) groups is 1. The Morgan fingerprint density at radius 3 is 2.67 bits per heavy atom. The molecule has 0 aliphatic carbocycles. The zero-order chi connectivity index (χ0) is 19.2. The largest absolute Gasteiger partial charge is 0.505 e. The highest BCUT2D eigenvalue weighted by Gasteiger charge is 2.27. The van der Waals surface area contributed by atoms with Gasteiger partial charge in [0.15, 0.2) is 5.76 Å². The third-order valence-corrected chi connectivity index (χ3v) is 4.02. The highest BCUT2D eigenvalue weighted by molar-refractivity contribution is 6.22. The molecule has 0 radical (unpaired) electrons. The van der Waals surface area contributed by atoms with Crippen molar-refractivity contribution in [2.45, 2.75) is 20.5 Å². The van der Waals surface area contributed by atoms with Crippen molar-refractivity contribution in [1.29, 1.82) is 0 Å². The number of benzene rings is 2. The Morgan fingerprint density at radius 2 is 1.93 bits per heavy atom. The van der Waals surface area contributed by atoms with Crippen LogP contribution < -0.4 is 4.74 Å². The van der Waals surface area contributed by atoms with E-state index in [0.717, 1.165) is 11.1 Å². The van der Waals surface area contributed by atoms with Gasteiger partial charge in [-0.15, -0.1) is 0 Å². The van der Waals surface area contributed by atoms with E-state index in [1.54, 1.807) is 19.9 Å². The molecule has 1 aliphatic heterocycles. The number of esters is 1. The Balaban J connectivity index is 1.78. The Bertz CT molecular complexity index is 926. The van der Waals surface area contributed by atoms with Crippen LogP contribution in [0.25, 0.3) is 6.08 Å². The van der Waals surface area contributed by atoms with Crippen LogP contribution in [0.15, 0.2) is 76.6 Å². The van der Waals surface area contributed by atoms with Crippen molar-refractivity contribution in [2.75, 3.05) is 6.61 Å². The molecule has 0 unspecified atom stereocenters. The molecule has 1 aliphatic rings. The molecule has 27 heavy (non-hydrogen) atoms. The number of hydrogen-bond donors (Lipinski definition) is 1. The first kappa shape index (κ1) is 18.5. The quantitative estimate of drug-likeness (QED) is 0.770. The lowest BCUT2D eigenvalue weighted by Crippen LogP contribution is -2.13. The molecule has 0 spiro atoms. The molecule has 138 valence electrons. The fraction of sp³-hybridized carbons (Fsp3) is 0.182. The van der Waals surface area contributed by atoms with Crippen LogP contribution in [0.2, 0.25) is 0 Å². The van der Waals surface area contributed by atoms with E-state index in [4.69, 9.17) is 9.47 Å². The van der Waals surface area contributed by atoms with E-state index in [2.05, 4.69) is 4.99 Å². The van der Waals surface area contributed by atoms with E-state index in [9.17, 15) is 9.90 Å². The molecular weight excluding hydrogens is 342 g/mol. The van der Waals surface area contributed by atoms with E-state index in [-0.39, 0.29) is 17.9 Å². The molecular formula is C22H21NO4. The highest BCUT2D eigenvalue weighted by atomic mass is 16.5. The van der Waals surface area contributed by atoms with E-state index >= 15 is 0 Å². The average Bonchev–Trinajstić information content (AvgIpc) is 2.95. The second-order valence-electron chi connectivity index (χ2n) is 6.02. The fourth-order valence-corrected chi connectivity index (χ4v) is 2.73. The van der Waals surface area contributed by atoms with Gasteiger partial charge in [-0.1, -0.05) is 42.5 Å². The van der Waals surface area contributed by atoms with Crippen molar-refractivity contribution in [3.05, 3.63) is 82.8 Å². The number of carbonyl (C=O) groups excluding carboxylic acids is 1. The van der Waals surface area contributed by atoms with Crippen LogP contribution >= 0.6 is 0 Å². The summed E-state index contributed by atoms with van der Waals surface area (Å²) in [6.07, 6.45) is 1.71. The van der Waals surface area contributed by atoms with Gasteiger partial charge in [-0.3, -0.25) is 0 Å². The Morgan fingerprint density at radius 1 is 1.15 bits per heavy atom. The SMILES string of the molecule is CCOC(=O)C1=C(O)/C(=C/c2cccc(OCc3ccccc3)c2)N=C1C. The van der Waals surface area contributed by atoms with Crippen molar-refractivity contribution in [2.24, 2.45) is 4.99 Å². The zero-order valence-corrected chi connectivity index (χ0v) is 15.3. The summed E-state index contributed by atoms with van der Waals surface area (Å²) >= 11 is 0. The van der Waals surface area contributed by atoms with Gasteiger partial charge in [0.1, 0.15) is 23.6 Å². The summed E-state index contributed by atoms with van der Waals surface area (Å²) in [5, 5.41) is 10.4. The molecule has 0 bridgehead atoms. The summed E-state index contributed by atoms with van der Waals surface area (Å²) in [5.74, 6) is -0.0258. The molecule has 1 N–H and O–H groups in total. The number of nitrogens with zero attached hydrogens (tertiary/aromatic N) is 1. The van der Waals surface area contributed by atoms with Gasteiger partial charge in [0.05, 0.1) is 12.3 Å². The molecule has 0 fully saturated rings. The second kappa shape index (κ2) is 8.36. The van der Waals surface area contributed by atoms with Crippen LogP contribution in [0.5, 0.6) is 5.75 Å². The third-order valence-electron chi connectivity index (χ3n) is 4.02. The van der Waals surface area contributed by atoms with Crippen molar-refractivity contribution in [3.63, 3.8) is 0 Å². The summed E-state index contributed by atoms with van der Waals surface area (Å²) in [6.45, 7) is 4.09. The van der Waals surface area contributed by atoms with Gasteiger partial charge in [0, 0.05) is 0 Å². The van der Waals surface area contributed by atoms with Crippen LogP contribution in [0.4, 0.5) is 0 Å². The average molecular weight is 363 g/mol. The van der Waals surface area contributed by atoms with Gasteiger partial charge in [0.25, 0.3) is 0 Å². The first-order valence-electron chi connectivity index (χ1n) is 8.73. The minimum Gasteiger partial charge on any atom is -0.505 e.